The van der Waals surface area contributed by atoms with Gasteiger partial charge in [-0.3, -0.25) is 9.69 Å². The van der Waals surface area contributed by atoms with E-state index < -0.39 is 0 Å². The maximum atomic E-state index is 11.9. The maximum absolute atomic E-state index is 11.9. The van der Waals surface area contributed by atoms with E-state index in [1.807, 2.05) is 36.4 Å². The van der Waals surface area contributed by atoms with Gasteiger partial charge in [0.15, 0.2) is 11.5 Å². The average Bonchev–Trinajstić information content (AvgIpc) is 3.02. The Morgan fingerprint density at radius 2 is 1.76 bits per heavy atom. The number of hydrogen-bond acceptors (Lipinski definition) is 4. The summed E-state index contributed by atoms with van der Waals surface area (Å²) in [4.78, 5) is 17.0. The van der Waals surface area contributed by atoms with Crippen molar-refractivity contribution in [1.82, 2.24) is 9.88 Å². The van der Waals surface area contributed by atoms with E-state index in [0.717, 1.165) is 34.5 Å². The van der Waals surface area contributed by atoms with Crippen LogP contribution < -0.4 is 15.0 Å². The standard InChI is InChI=1S/C20H20N2O3/c1-13-7-18-19(25-12-24-18)8-14(13)10-22(2)11-15-9-20(23)21-17-6-4-3-5-16(15)17/h3-9H,10-12H2,1-2H3,(H,21,23). The van der Waals surface area contributed by atoms with E-state index in [9.17, 15) is 4.79 Å². The number of hydrogen-bond donors (Lipinski definition) is 1. The summed E-state index contributed by atoms with van der Waals surface area (Å²) in [6.45, 7) is 3.82. The van der Waals surface area contributed by atoms with Crippen LogP contribution in [0.3, 0.4) is 0 Å². The van der Waals surface area contributed by atoms with E-state index in [2.05, 4.69) is 23.9 Å². The summed E-state index contributed by atoms with van der Waals surface area (Å²) in [6, 6.07) is 13.7. The summed E-state index contributed by atoms with van der Waals surface area (Å²) < 4.78 is 10.9. The molecule has 0 radical (unpaired) electrons. The highest BCUT2D eigenvalue weighted by Gasteiger charge is 2.16. The molecule has 0 atom stereocenters. The quantitative estimate of drug-likeness (QED) is 0.795. The SMILES string of the molecule is Cc1cc2c(cc1CN(C)Cc1cc(=O)[nH]c3ccccc13)OCO2. The monoisotopic (exact) mass is 336 g/mol. The normalized spacial score (nSPS) is 12.9. The van der Waals surface area contributed by atoms with Gasteiger partial charge >= 0.3 is 0 Å². The predicted molar refractivity (Wildman–Crippen MR) is 97.0 cm³/mol. The van der Waals surface area contributed by atoms with Gasteiger partial charge in [-0.25, -0.2) is 0 Å². The number of rotatable bonds is 4. The second-order valence-corrected chi connectivity index (χ2v) is 6.51. The second kappa shape index (κ2) is 6.26. The molecule has 5 heteroatoms. The number of para-hydroxylation sites is 1. The molecule has 0 saturated carbocycles. The smallest absolute Gasteiger partial charge is 0.248 e. The molecular formula is C20H20N2O3. The third kappa shape index (κ3) is 3.10. The fourth-order valence-corrected chi connectivity index (χ4v) is 3.30. The van der Waals surface area contributed by atoms with E-state index in [0.29, 0.717) is 6.54 Å². The Kier molecular flexibility index (Phi) is 3.93. The first-order valence-electron chi connectivity index (χ1n) is 8.29. The fraction of sp³-hybridized carbons (Fsp3) is 0.250. The van der Waals surface area contributed by atoms with Crippen molar-refractivity contribution in [1.29, 1.82) is 0 Å². The molecule has 0 unspecified atom stereocenters. The number of fused-ring (bicyclic) bond motifs is 2. The maximum Gasteiger partial charge on any atom is 0.248 e. The summed E-state index contributed by atoms with van der Waals surface area (Å²) in [7, 11) is 2.06. The van der Waals surface area contributed by atoms with Gasteiger partial charge in [0.2, 0.25) is 12.4 Å². The van der Waals surface area contributed by atoms with Crippen LogP contribution in [0.15, 0.2) is 47.3 Å². The molecule has 3 aromatic rings. The minimum Gasteiger partial charge on any atom is -0.454 e. The summed E-state index contributed by atoms with van der Waals surface area (Å²) in [5.74, 6) is 1.61. The molecule has 0 bridgehead atoms. The lowest BCUT2D eigenvalue weighted by Crippen LogP contribution is -2.19. The Morgan fingerprint density at radius 1 is 1.04 bits per heavy atom. The molecule has 1 aromatic heterocycles. The largest absolute Gasteiger partial charge is 0.454 e. The van der Waals surface area contributed by atoms with E-state index in [1.54, 1.807) is 6.07 Å². The van der Waals surface area contributed by atoms with Crippen molar-refractivity contribution < 1.29 is 9.47 Å². The summed E-state index contributed by atoms with van der Waals surface area (Å²) in [5, 5.41) is 1.08. The molecule has 0 spiro atoms. The first-order valence-corrected chi connectivity index (χ1v) is 8.29. The molecule has 1 aliphatic rings. The highest BCUT2D eigenvalue weighted by molar-refractivity contribution is 5.81. The number of benzene rings is 2. The lowest BCUT2D eigenvalue weighted by Gasteiger charge is -2.19. The molecule has 5 nitrogen and oxygen atoms in total. The molecule has 128 valence electrons. The van der Waals surface area contributed by atoms with E-state index >= 15 is 0 Å². The Hall–Kier alpha value is -2.79. The molecule has 0 saturated heterocycles. The summed E-state index contributed by atoms with van der Waals surface area (Å²) in [5.41, 5.74) is 4.20. The number of ether oxygens (including phenoxy) is 2. The highest BCUT2D eigenvalue weighted by Crippen LogP contribution is 2.35. The number of aromatic amines is 1. The number of H-pyrrole nitrogens is 1. The van der Waals surface area contributed by atoms with Crippen LogP contribution in [0.5, 0.6) is 11.5 Å². The Morgan fingerprint density at radius 3 is 2.60 bits per heavy atom. The van der Waals surface area contributed by atoms with Crippen molar-refractivity contribution in [3.05, 3.63) is 69.5 Å². The van der Waals surface area contributed by atoms with Gasteiger partial charge < -0.3 is 14.5 Å². The van der Waals surface area contributed by atoms with Crippen LogP contribution in [-0.4, -0.2) is 23.7 Å². The van der Waals surface area contributed by atoms with Crippen LogP contribution in [-0.2, 0) is 13.1 Å². The van der Waals surface area contributed by atoms with Crippen LogP contribution in [0.4, 0.5) is 0 Å². The Labute approximate surface area is 145 Å². The van der Waals surface area contributed by atoms with E-state index in [-0.39, 0.29) is 12.4 Å². The molecule has 25 heavy (non-hydrogen) atoms. The van der Waals surface area contributed by atoms with Crippen molar-refractivity contribution >= 4 is 10.9 Å². The molecule has 0 fully saturated rings. The third-order valence-corrected chi connectivity index (χ3v) is 4.55. The highest BCUT2D eigenvalue weighted by atomic mass is 16.7. The summed E-state index contributed by atoms with van der Waals surface area (Å²) in [6.07, 6.45) is 0. The zero-order valence-electron chi connectivity index (χ0n) is 14.3. The van der Waals surface area contributed by atoms with Crippen molar-refractivity contribution in [2.45, 2.75) is 20.0 Å². The molecule has 1 N–H and O–H groups in total. The average molecular weight is 336 g/mol. The molecule has 4 rings (SSSR count). The number of aryl methyl sites for hydroxylation is 1. The second-order valence-electron chi connectivity index (χ2n) is 6.51. The van der Waals surface area contributed by atoms with Crippen LogP contribution in [0, 0.1) is 6.92 Å². The van der Waals surface area contributed by atoms with Gasteiger partial charge in [-0.15, -0.1) is 0 Å². The van der Waals surface area contributed by atoms with Gasteiger partial charge in [0.05, 0.1) is 0 Å². The van der Waals surface area contributed by atoms with Gasteiger partial charge in [-0.1, -0.05) is 18.2 Å². The minimum atomic E-state index is -0.0682. The van der Waals surface area contributed by atoms with Crippen molar-refractivity contribution in [3.63, 3.8) is 0 Å². The first kappa shape index (κ1) is 15.7. The van der Waals surface area contributed by atoms with Crippen molar-refractivity contribution in [2.24, 2.45) is 0 Å². The van der Waals surface area contributed by atoms with Crippen molar-refractivity contribution in [3.8, 4) is 11.5 Å². The fourth-order valence-electron chi connectivity index (χ4n) is 3.30. The number of pyridine rings is 1. The molecule has 2 aromatic carbocycles. The van der Waals surface area contributed by atoms with E-state index in [1.165, 1.54) is 11.1 Å². The summed E-state index contributed by atoms with van der Waals surface area (Å²) >= 11 is 0. The third-order valence-electron chi connectivity index (χ3n) is 4.55. The Bertz CT molecular complexity index is 994. The lowest BCUT2D eigenvalue weighted by molar-refractivity contribution is 0.174. The van der Waals surface area contributed by atoms with E-state index in [4.69, 9.17) is 9.47 Å². The van der Waals surface area contributed by atoms with Crippen LogP contribution in [0.25, 0.3) is 10.9 Å². The van der Waals surface area contributed by atoms with Gasteiger partial charge in [-0.05, 0) is 48.9 Å². The molecule has 0 aliphatic carbocycles. The predicted octanol–water partition coefficient (Wildman–Crippen LogP) is 3.20. The number of nitrogens with zero attached hydrogens (tertiary/aromatic N) is 1. The zero-order chi connectivity index (χ0) is 17.4. The van der Waals surface area contributed by atoms with Gasteiger partial charge in [0, 0.05) is 30.1 Å². The van der Waals surface area contributed by atoms with Crippen LogP contribution in [0.1, 0.15) is 16.7 Å². The molecule has 2 heterocycles. The van der Waals surface area contributed by atoms with Crippen molar-refractivity contribution in [2.75, 3.05) is 13.8 Å². The topological polar surface area (TPSA) is 54.6 Å². The van der Waals surface area contributed by atoms with Gasteiger partial charge in [-0.2, -0.15) is 0 Å². The lowest BCUT2D eigenvalue weighted by atomic mass is 10.1. The van der Waals surface area contributed by atoms with Crippen LogP contribution in [0.2, 0.25) is 0 Å². The van der Waals surface area contributed by atoms with Crippen LogP contribution >= 0.6 is 0 Å². The molecular weight excluding hydrogens is 316 g/mol. The molecule has 1 aliphatic heterocycles. The minimum absolute atomic E-state index is 0.0682. The van der Waals surface area contributed by atoms with Gasteiger partial charge in [0.25, 0.3) is 0 Å². The number of nitrogens with one attached hydrogen (secondary N) is 1. The Balaban J connectivity index is 1.59. The zero-order valence-corrected chi connectivity index (χ0v) is 14.3. The first-order chi connectivity index (χ1) is 12.1. The van der Waals surface area contributed by atoms with Gasteiger partial charge in [0.1, 0.15) is 0 Å². The molecule has 0 amide bonds. The number of aromatic nitrogens is 1.